The predicted octanol–water partition coefficient (Wildman–Crippen LogP) is 2.43. The Labute approximate surface area is 111 Å². The van der Waals surface area contributed by atoms with Crippen molar-refractivity contribution >= 4 is 5.91 Å². The lowest BCUT2D eigenvalue weighted by Crippen LogP contribution is -2.34. The van der Waals surface area contributed by atoms with Gasteiger partial charge in [-0.3, -0.25) is 4.79 Å². The van der Waals surface area contributed by atoms with E-state index in [1.807, 2.05) is 4.90 Å². The number of hydrogen-bond donors (Lipinski definition) is 1. The molecule has 1 N–H and O–H groups in total. The maximum atomic E-state index is 12.2. The second-order valence-corrected chi connectivity index (χ2v) is 7.27. The lowest BCUT2D eigenvalue weighted by molar-refractivity contribution is -0.132. The van der Waals surface area contributed by atoms with Crippen LogP contribution in [0.5, 0.6) is 0 Å². The lowest BCUT2D eigenvalue weighted by Gasteiger charge is -2.39. The van der Waals surface area contributed by atoms with Gasteiger partial charge in [-0.15, -0.1) is 0 Å². The highest BCUT2D eigenvalue weighted by Gasteiger charge is 2.34. The Morgan fingerprint density at radius 3 is 2.67 bits per heavy atom. The Morgan fingerprint density at radius 2 is 2.11 bits per heavy atom. The third-order valence-corrected chi connectivity index (χ3v) is 4.46. The molecule has 2 rings (SSSR count). The van der Waals surface area contributed by atoms with Crippen molar-refractivity contribution in [1.82, 2.24) is 4.90 Å². The van der Waals surface area contributed by atoms with Crippen molar-refractivity contribution in [3.05, 3.63) is 0 Å². The smallest absolute Gasteiger partial charge is 0.222 e. The quantitative estimate of drug-likeness (QED) is 0.821. The van der Waals surface area contributed by atoms with Crippen LogP contribution in [0.25, 0.3) is 0 Å². The first kappa shape index (κ1) is 13.9. The summed E-state index contributed by atoms with van der Waals surface area (Å²) in [7, 11) is 0. The fourth-order valence-corrected chi connectivity index (χ4v) is 4.04. The molecular weight excluding hydrogens is 226 g/mol. The van der Waals surface area contributed by atoms with Crippen molar-refractivity contribution in [2.45, 2.75) is 59.0 Å². The van der Waals surface area contributed by atoms with Crippen LogP contribution in [0.1, 0.15) is 52.9 Å². The van der Waals surface area contributed by atoms with E-state index in [1.165, 1.54) is 19.3 Å². The molecule has 0 bridgehead atoms. The Balaban J connectivity index is 1.87. The van der Waals surface area contributed by atoms with Crippen molar-refractivity contribution in [3.63, 3.8) is 0 Å². The van der Waals surface area contributed by atoms with Crippen LogP contribution < -0.4 is 0 Å². The fraction of sp³-hybridized carbons (Fsp3) is 0.933. The molecule has 2 unspecified atom stereocenters. The standard InChI is InChI=1S/C15H27NO2/c1-11-6-12(9-15(2,3)8-11)7-14(18)16-5-4-13(17)10-16/h11-13,17H,4-10H2,1-3H3/t11?,12?,13-/m1/s1. The second-order valence-electron chi connectivity index (χ2n) is 7.27. The lowest BCUT2D eigenvalue weighted by atomic mass is 9.67. The molecule has 1 heterocycles. The van der Waals surface area contributed by atoms with E-state index in [-0.39, 0.29) is 12.0 Å². The number of likely N-dealkylation sites (tertiary alicyclic amines) is 1. The van der Waals surface area contributed by atoms with E-state index in [2.05, 4.69) is 20.8 Å². The SMILES string of the molecule is CC1CC(CC(=O)N2CC[C@@H](O)C2)CC(C)(C)C1. The van der Waals surface area contributed by atoms with Gasteiger partial charge in [-0.25, -0.2) is 0 Å². The van der Waals surface area contributed by atoms with E-state index in [0.29, 0.717) is 24.3 Å². The number of hydrogen-bond acceptors (Lipinski definition) is 2. The molecule has 0 radical (unpaired) electrons. The number of aliphatic hydroxyl groups excluding tert-OH is 1. The molecule has 2 aliphatic rings. The van der Waals surface area contributed by atoms with Gasteiger partial charge in [0.2, 0.25) is 5.91 Å². The third-order valence-electron chi connectivity index (χ3n) is 4.46. The Kier molecular flexibility index (Phi) is 4.00. The first-order valence-corrected chi connectivity index (χ1v) is 7.31. The van der Waals surface area contributed by atoms with E-state index in [1.54, 1.807) is 0 Å². The van der Waals surface area contributed by atoms with E-state index in [9.17, 15) is 9.90 Å². The molecule has 1 amide bonds. The minimum atomic E-state index is -0.296. The summed E-state index contributed by atoms with van der Waals surface area (Å²) in [5, 5.41) is 9.49. The van der Waals surface area contributed by atoms with E-state index < -0.39 is 0 Å². The molecule has 1 saturated carbocycles. The molecule has 1 aliphatic carbocycles. The summed E-state index contributed by atoms with van der Waals surface area (Å²) in [4.78, 5) is 14.0. The first-order valence-electron chi connectivity index (χ1n) is 7.31. The zero-order valence-electron chi connectivity index (χ0n) is 12.0. The van der Waals surface area contributed by atoms with Gasteiger partial charge in [0.05, 0.1) is 6.10 Å². The van der Waals surface area contributed by atoms with E-state index >= 15 is 0 Å². The molecule has 3 nitrogen and oxygen atoms in total. The zero-order chi connectivity index (χ0) is 13.3. The summed E-state index contributed by atoms with van der Waals surface area (Å²) in [5.74, 6) is 1.52. The topological polar surface area (TPSA) is 40.5 Å². The molecular formula is C15H27NO2. The number of carbonyl (C=O) groups is 1. The van der Waals surface area contributed by atoms with Crippen molar-refractivity contribution in [3.8, 4) is 0 Å². The maximum Gasteiger partial charge on any atom is 0.222 e. The van der Waals surface area contributed by atoms with Crippen molar-refractivity contribution in [1.29, 1.82) is 0 Å². The van der Waals surface area contributed by atoms with Crippen LogP contribution in [0.2, 0.25) is 0 Å². The summed E-state index contributed by atoms with van der Waals surface area (Å²) < 4.78 is 0. The van der Waals surface area contributed by atoms with E-state index in [4.69, 9.17) is 0 Å². The second kappa shape index (κ2) is 5.20. The fourth-order valence-electron chi connectivity index (χ4n) is 4.04. The number of amides is 1. The highest BCUT2D eigenvalue weighted by atomic mass is 16.3. The van der Waals surface area contributed by atoms with Gasteiger partial charge in [0.1, 0.15) is 0 Å². The largest absolute Gasteiger partial charge is 0.391 e. The van der Waals surface area contributed by atoms with Gasteiger partial charge in [0.15, 0.2) is 0 Å². The summed E-state index contributed by atoms with van der Waals surface area (Å²) in [6.07, 6.45) is 4.76. The number of rotatable bonds is 2. The number of aliphatic hydroxyl groups is 1. The highest BCUT2D eigenvalue weighted by Crippen LogP contribution is 2.43. The molecule has 1 saturated heterocycles. The molecule has 104 valence electrons. The summed E-state index contributed by atoms with van der Waals surface area (Å²) >= 11 is 0. The number of carbonyl (C=O) groups excluding carboxylic acids is 1. The van der Waals surface area contributed by atoms with Crippen molar-refractivity contribution in [2.24, 2.45) is 17.3 Å². The molecule has 18 heavy (non-hydrogen) atoms. The van der Waals surface area contributed by atoms with Crippen LogP contribution in [0.4, 0.5) is 0 Å². The summed E-state index contributed by atoms with van der Waals surface area (Å²) in [5.41, 5.74) is 0.382. The van der Waals surface area contributed by atoms with Crippen LogP contribution in [0, 0.1) is 17.3 Å². The summed E-state index contributed by atoms with van der Waals surface area (Å²) in [6.45, 7) is 8.23. The van der Waals surface area contributed by atoms with Gasteiger partial charge in [0.25, 0.3) is 0 Å². The van der Waals surface area contributed by atoms with Crippen LogP contribution in [0.15, 0.2) is 0 Å². The summed E-state index contributed by atoms with van der Waals surface area (Å²) in [6, 6.07) is 0. The number of nitrogens with zero attached hydrogens (tertiary/aromatic N) is 1. The molecule has 3 atom stereocenters. The van der Waals surface area contributed by atoms with Crippen LogP contribution in [-0.4, -0.2) is 35.1 Å². The zero-order valence-corrected chi connectivity index (χ0v) is 12.0. The normalized spacial score (nSPS) is 35.8. The Hall–Kier alpha value is -0.570. The molecule has 0 aromatic carbocycles. The molecule has 3 heteroatoms. The van der Waals surface area contributed by atoms with Crippen molar-refractivity contribution < 1.29 is 9.90 Å². The minimum Gasteiger partial charge on any atom is -0.391 e. The number of β-amino-alcohol motifs (C(OH)–C–C–N with tert-alkyl or cyclic N) is 1. The van der Waals surface area contributed by atoms with E-state index in [0.717, 1.165) is 18.9 Å². The molecule has 0 spiro atoms. The highest BCUT2D eigenvalue weighted by molar-refractivity contribution is 5.76. The Morgan fingerprint density at radius 1 is 1.39 bits per heavy atom. The molecule has 2 fully saturated rings. The van der Waals surface area contributed by atoms with Gasteiger partial charge >= 0.3 is 0 Å². The van der Waals surface area contributed by atoms with Gasteiger partial charge in [0, 0.05) is 19.5 Å². The average Bonchev–Trinajstić information content (AvgIpc) is 2.61. The van der Waals surface area contributed by atoms with Crippen LogP contribution in [0.3, 0.4) is 0 Å². The molecule has 0 aromatic heterocycles. The van der Waals surface area contributed by atoms with Gasteiger partial charge in [-0.2, -0.15) is 0 Å². The molecule has 0 aromatic rings. The minimum absolute atomic E-state index is 0.251. The van der Waals surface area contributed by atoms with Crippen molar-refractivity contribution in [2.75, 3.05) is 13.1 Å². The maximum absolute atomic E-state index is 12.2. The Bertz CT molecular complexity index is 314. The van der Waals surface area contributed by atoms with Gasteiger partial charge < -0.3 is 10.0 Å². The first-order chi connectivity index (χ1) is 8.35. The third kappa shape index (κ3) is 3.47. The van der Waals surface area contributed by atoms with Gasteiger partial charge in [-0.1, -0.05) is 20.8 Å². The average molecular weight is 253 g/mol. The molecule has 1 aliphatic heterocycles. The van der Waals surface area contributed by atoms with Crippen LogP contribution >= 0.6 is 0 Å². The van der Waals surface area contributed by atoms with Crippen LogP contribution in [-0.2, 0) is 4.79 Å². The monoisotopic (exact) mass is 253 g/mol. The predicted molar refractivity (Wildman–Crippen MR) is 72.1 cm³/mol. The van der Waals surface area contributed by atoms with Gasteiger partial charge in [-0.05, 0) is 42.9 Å².